The number of fused-ring (bicyclic) bond motifs is 10. The Labute approximate surface area is 272 Å². The van der Waals surface area contributed by atoms with E-state index >= 15 is 0 Å². The Morgan fingerprint density at radius 1 is 0.696 bits per heavy atom. The van der Waals surface area contributed by atoms with Crippen molar-refractivity contribution in [2.75, 3.05) is 14.2 Å². The van der Waals surface area contributed by atoms with Crippen molar-refractivity contribution in [3.63, 3.8) is 0 Å². The standard InChI is InChI=1S/C19H24N2O2.C18H22N2O2.CH4/c1-18(2)14-10-11-19(18,3)16-15(14)17(22)21(20(16)4)12-6-8-13(23-5)9-7-12;1-17(2)13-9-10-18(17,3)15-14(13)16(21)20(19-15)11-5-7-12(22-4)8-6-11;/h6-9,14H,10-11H2,1-5H3;5-8,13,19H,9-10H2,1-4H3;1H4/t14-,19+;13-,18+;/m11./s1. The van der Waals surface area contributed by atoms with E-state index < -0.39 is 0 Å². The fourth-order valence-corrected chi connectivity index (χ4v) is 9.60. The molecule has 0 radical (unpaired) electrons. The molecule has 8 rings (SSSR count). The van der Waals surface area contributed by atoms with Crippen LogP contribution in [-0.2, 0) is 17.9 Å². The Hall–Kier alpha value is -3.94. The Bertz CT molecular complexity index is 1920. The molecule has 4 aliphatic rings. The number of nitrogens with one attached hydrogen (secondary N) is 1. The average Bonchev–Trinajstić information content (AvgIpc) is 3.74. The molecule has 4 atom stereocenters. The van der Waals surface area contributed by atoms with Gasteiger partial charge in [-0.05, 0) is 96.9 Å². The lowest BCUT2D eigenvalue weighted by molar-refractivity contribution is 0.218. The first-order chi connectivity index (χ1) is 21.2. The highest BCUT2D eigenvalue weighted by atomic mass is 16.5. The highest BCUT2D eigenvalue weighted by molar-refractivity contribution is 5.49. The summed E-state index contributed by atoms with van der Waals surface area (Å²) in [7, 11) is 5.32. The zero-order chi connectivity index (χ0) is 32.3. The first-order valence-electron chi connectivity index (χ1n) is 16.2. The first kappa shape index (κ1) is 32.0. The third-order valence-electron chi connectivity index (χ3n) is 13.1. The van der Waals surface area contributed by atoms with Gasteiger partial charge in [-0.1, -0.05) is 49.0 Å². The van der Waals surface area contributed by atoms with Gasteiger partial charge in [0, 0.05) is 34.7 Å². The van der Waals surface area contributed by atoms with Crippen LogP contribution in [0.1, 0.15) is 109 Å². The number of aromatic amines is 1. The van der Waals surface area contributed by atoms with E-state index in [0.29, 0.717) is 11.8 Å². The number of hydrogen-bond acceptors (Lipinski definition) is 4. The molecule has 8 heteroatoms. The first-order valence-corrected chi connectivity index (χ1v) is 16.2. The SMILES string of the molecule is C.COc1ccc(-n2[nH]c3c(c2=O)[C@H]2CC[C@]3(C)C2(C)C)cc1.COc1ccc(-n2c(=O)c3c(n2C)[C@]2(C)CC[C@H]3C2(C)C)cc1. The molecule has 0 aliphatic heterocycles. The van der Waals surface area contributed by atoms with Crippen LogP contribution in [-0.4, -0.2) is 33.4 Å². The molecule has 0 spiro atoms. The monoisotopic (exact) mass is 626 g/mol. The van der Waals surface area contributed by atoms with Gasteiger partial charge in [0.2, 0.25) is 0 Å². The number of benzene rings is 2. The molecule has 4 aromatic rings. The van der Waals surface area contributed by atoms with Crippen molar-refractivity contribution in [3.8, 4) is 22.9 Å². The molecule has 0 saturated heterocycles. The van der Waals surface area contributed by atoms with Crippen molar-refractivity contribution in [3.05, 3.63) is 91.8 Å². The van der Waals surface area contributed by atoms with Gasteiger partial charge >= 0.3 is 0 Å². The number of nitrogens with zero attached hydrogens (tertiary/aromatic N) is 3. The number of ether oxygens (including phenoxy) is 2. The highest BCUT2D eigenvalue weighted by Crippen LogP contribution is 2.67. The highest BCUT2D eigenvalue weighted by Gasteiger charge is 2.63. The summed E-state index contributed by atoms with van der Waals surface area (Å²) in [6.45, 7) is 13.9. The van der Waals surface area contributed by atoms with E-state index in [1.807, 2.05) is 60.3 Å². The number of aromatic nitrogens is 4. The summed E-state index contributed by atoms with van der Waals surface area (Å²) in [5.74, 6) is 2.34. The summed E-state index contributed by atoms with van der Waals surface area (Å²) in [6, 6.07) is 15.3. The second-order valence-electron chi connectivity index (χ2n) is 15.1. The number of H-pyrrole nitrogens is 1. The fraction of sp³-hybridized carbons (Fsp3) is 0.526. The molecule has 246 valence electrons. The van der Waals surface area contributed by atoms with Crippen LogP contribution < -0.4 is 20.6 Å². The minimum atomic E-state index is 0. The van der Waals surface area contributed by atoms with Crippen molar-refractivity contribution < 1.29 is 9.47 Å². The Morgan fingerprint density at radius 2 is 1.17 bits per heavy atom. The zero-order valence-electron chi connectivity index (χ0n) is 28.1. The van der Waals surface area contributed by atoms with Crippen LogP contribution in [0.25, 0.3) is 11.4 Å². The van der Waals surface area contributed by atoms with Crippen molar-refractivity contribution in [2.24, 2.45) is 17.9 Å². The molecule has 1 N–H and O–H groups in total. The lowest BCUT2D eigenvalue weighted by Crippen LogP contribution is -2.35. The van der Waals surface area contributed by atoms with Crippen LogP contribution >= 0.6 is 0 Å². The maximum Gasteiger partial charge on any atom is 0.275 e. The van der Waals surface area contributed by atoms with Crippen molar-refractivity contribution in [1.82, 2.24) is 19.1 Å². The number of hydrogen-bond donors (Lipinski definition) is 1. The van der Waals surface area contributed by atoms with Gasteiger partial charge in [-0.2, -0.15) is 0 Å². The molecule has 2 saturated carbocycles. The third kappa shape index (κ3) is 3.85. The van der Waals surface area contributed by atoms with E-state index in [1.165, 1.54) is 5.69 Å². The predicted molar refractivity (Wildman–Crippen MR) is 183 cm³/mol. The normalized spacial score (nSPS) is 27.0. The molecule has 2 aromatic heterocycles. The molecule has 4 aliphatic carbocycles. The zero-order valence-corrected chi connectivity index (χ0v) is 28.1. The second kappa shape index (κ2) is 10.3. The van der Waals surface area contributed by atoms with Gasteiger partial charge < -0.3 is 9.47 Å². The van der Waals surface area contributed by atoms with Crippen molar-refractivity contribution in [1.29, 1.82) is 0 Å². The van der Waals surface area contributed by atoms with Gasteiger partial charge in [0.1, 0.15) is 11.5 Å². The smallest absolute Gasteiger partial charge is 0.275 e. The van der Waals surface area contributed by atoms with Crippen LogP contribution in [0.2, 0.25) is 0 Å². The van der Waals surface area contributed by atoms with Crippen LogP contribution in [0.4, 0.5) is 0 Å². The van der Waals surface area contributed by atoms with Gasteiger partial charge in [0.25, 0.3) is 11.1 Å². The van der Waals surface area contributed by atoms with E-state index in [4.69, 9.17) is 9.47 Å². The molecule has 2 aromatic carbocycles. The maximum atomic E-state index is 13.2. The van der Waals surface area contributed by atoms with E-state index in [0.717, 1.165) is 65.4 Å². The Kier molecular flexibility index (Phi) is 7.16. The van der Waals surface area contributed by atoms with E-state index in [2.05, 4.69) is 51.3 Å². The van der Waals surface area contributed by atoms with Crippen LogP contribution in [0.3, 0.4) is 0 Å². The van der Waals surface area contributed by atoms with E-state index in [-0.39, 0.29) is 40.2 Å². The Morgan fingerprint density at radius 3 is 1.67 bits per heavy atom. The fourth-order valence-electron chi connectivity index (χ4n) is 9.60. The number of methoxy groups -OCH3 is 2. The second-order valence-corrected chi connectivity index (χ2v) is 15.1. The van der Waals surface area contributed by atoms with Crippen LogP contribution in [0, 0.1) is 10.8 Å². The minimum absolute atomic E-state index is 0. The van der Waals surface area contributed by atoms with Gasteiger partial charge in [-0.25, -0.2) is 9.36 Å². The summed E-state index contributed by atoms with van der Waals surface area (Å²) in [6.07, 6.45) is 4.56. The van der Waals surface area contributed by atoms with Crippen molar-refractivity contribution in [2.45, 2.75) is 97.3 Å². The molecular weight excluding hydrogens is 576 g/mol. The third-order valence-corrected chi connectivity index (χ3v) is 13.1. The molecular formula is C38H50N4O4. The summed E-state index contributed by atoms with van der Waals surface area (Å²) in [5.41, 5.74) is 6.93. The summed E-state index contributed by atoms with van der Waals surface area (Å²) in [5, 5.41) is 3.41. The molecule has 4 bridgehead atoms. The van der Waals surface area contributed by atoms with E-state index in [9.17, 15) is 9.59 Å². The van der Waals surface area contributed by atoms with Gasteiger partial charge in [-0.15, -0.1) is 0 Å². The topological polar surface area (TPSA) is 83.2 Å². The molecule has 8 nitrogen and oxygen atoms in total. The van der Waals surface area contributed by atoms with Crippen LogP contribution in [0.5, 0.6) is 11.5 Å². The maximum absolute atomic E-state index is 13.2. The molecule has 2 fully saturated rings. The van der Waals surface area contributed by atoms with Gasteiger partial charge in [0.15, 0.2) is 0 Å². The predicted octanol–water partition coefficient (Wildman–Crippen LogP) is 7.34. The average molecular weight is 627 g/mol. The van der Waals surface area contributed by atoms with E-state index in [1.54, 1.807) is 18.9 Å². The van der Waals surface area contributed by atoms with Gasteiger partial charge in [0.05, 0.1) is 31.3 Å². The molecule has 0 amide bonds. The quantitative estimate of drug-likeness (QED) is 0.257. The minimum Gasteiger partial charge on any atom is -0.497 e. The summed E-state index contributed by atoms with van der Waals surface area (Å²) >= 11 is 0. The van der Waals surface area contributed by atoms with Gasteiger partial charge in [-0.3, -0.25) is 19.4 Å². The Balaban J connectivity index is 0.000000158. The molecule has 0 unspecified atom stereocenters. The lowest BCUT2D eigenvalue weighted by atomic mass is 9.70. The lowest BCUT2D eigenvalue weighted by Gasteiger charge is -2.36. The summed E-state index contributed by atoms with van der Waals surface area (Å²) in [4.78, 5) is 26.1. The molecule has 2 heterocycles. The number of rotatable bonds is 4. The summed E-state index contributed by atoms with van der Waals surface area (Å²) < 4.78 is 16.0. The van der Waals surface area contributed by atoms with Crippen LogP contribution in [0.15, 0.2) is 58.1 Å². The van der Waals surface area contributed by atoms with Crippen molar-refractivity contribution >= 4 is 0 Å². The molecule has 46 heavy (non-hydrogen) atoms. The largest absolute Gasteiger partial charge is 0.497 e.